The summed E-state index contributed by atoms with van der Waals surface area (Å²) in [6.45, 7) is 7.92. The third kappa shape index (κ3) is 2.67. The second kappa shape index (κ2) is 5.53. The van der Waals surface area contributed by atoms with Crippen molar-refractivity contribution in [3.8, 4) is 0 Å². The lowest BCUT2D eigenvalue weighted by molar-refractivity contribution is 0.0223. The number of halogens is 1. The molecule has 0 atom stereocenters. The van der Waals surface area contributed by atoms with Gasteiger partial charge in [-0.3, -0.25) is 14.8 Å². The molecule has 0 unspecified atom stereocenters. The third-order valence-corrected chi connectivity index (χ3v) is 4.20. The molecule has 1 aromatic rings. The molecule has 2 aliphatic heterocycles. The topological polar surface area (TPSA) is 31.4 Å². The fraction of sp³-hybridized carbons (Fsp3) is 0.615. The molecule has 3 heterocycles. The van der Waals surface area contributed by atoms with Crippen molar-refractivity contribution in [2.45, 2.75) is 12.6 Å². The number of nitrogens with zero attached hydrogens (tertiary/aromatic N) is 3. The summed E-state index contributed by atoms with van der Waals surface area (Å²) in [6, 6.07) is 2.76. The SMILES string of the molecule is Clc1cnccc1CN1CC(N2CCNCC2)C1. The van der Waals surface area contributed by atoms with Crippen LogP contribution in [0.3, 0.4) is 0 Å². The molecule has 4 nitrogen and oxygen atoms in total. The Balaban J connectivity index is 1.49. The van der Waals surface area contributed by atoms with E-state index in [0.717, 1.165) is 30.7 Å². The van der Waals surface area contributed by atoms with E-state index >= 15 is 0 Å². The highest BCUT2D eigenvalue weighted by Gasteiger charge is 2.32. The number of piperazine rings is 1. The maximum absolute atomic E-state index is 6.13. The molecule has 98 valence electrons. The largest absolute Gasteiger partial charge is 0.314 e. The summed E-state index contributed by atoms with van der Waals surface area (Å²) in [6.07, 6.45) is 3.54. The number of likely N-dealkylation sites (tertiary alicyclic amines) is 1. The van der Waals surface area contributed by atoms with E-state index < -0.39 is 0 Å². The molecule has 0 radical (unpaired) electrons. The first kappa shape index (κ1) is 12.4. The van der Waals surface area contributed by atoms with E-state index in [1.54, 1.807) is 6.20 Å². The molecule has 2 saturated heterocycles. The molecule has 0 spiro atoms. The highest BCUT2D eigenvalue weighted by molar-refractivity contribution is 6.31. The lowest BCUT2D eigenvalue weighted by atomic mass is 10.1. The summed E-state index contributed by atoms with van der Waals surface area (Å²) in [7, 11) is 0. The van der Waals surface area contributed by atoms with Crippen molar-refractivity contribution in [1.29, 1.82) is 0 Å². The first-order valence-corrected chi connectivity index (χ1v) is 6.96. The van der Waals surface area contributed by atoms with Gasteiger partial charge in [0.05, 0.1) is 5.02 Å². The van der Waals surface area contributed by atoms with Crippen LogP contribution in [0.25, 0.3) is 0 Å². The minimum atomic E-state index is 0.743. The van der Waals surface area contributed by atoms with Crippen molar-refractivity contribution in [3.05, 3.63) is 29.0 Å². The monoisotopic (exact) mass is 266 g/mol. The average Bonchev–Trinajstić information content (AvgIpc) is 2.36. The Morgan fingerprint density at radius 2 is 2.11 bits per heavy atom. The Kier molecular flexibility index (Phi) is 3.80. The molecule has 0 amide bonds. The summed E-state index contributed by atoms with van der Waals surface area (Å²) in [4.78, 5) is 9.07. The molecular formula is C13H19ClN4. The molecule has 0 aliphatic carbocycles. The lowest BCUT2D eigenvalue weighted by Gasteiger charge is -2.47. The number of hydrogen-bond donors (Lipinski definition) is 1. The fourth-order valence-electron chi connectivity index (χ4n) is 2.72. The zero-order valence-electron chi connectivity index (χ0n) is 10.5. The number of nitrogens with one attached hydrogen (secondary N) is 1. The van der Waals surface area contributed by atoms with Crippen LogP contribution in [0.5, 0.6) is 0 Å². The van der Waals surface area contributed by atoms with Gasteiger partial charge in [-0.15, -0.1) is 0 Å². The molecule has 0 saturated carbocycles. The van der Waals surface area contributed by atoms with Gasteiger partial charge in [0, 0.05) is 64.2 Å². The van der Waals surface area contributed by atoms with Gasteiger partial charge >= 0.3 is 0 Å². The van der Waals surface area contributed by atoms with Crippen molar-refractivity contribution in [2.75, 3.05) is 39.3 Å². The maximum atomic E-state index is 6.13. The van der Waals surface area contributed by atoms with Gasteiger partial charge < -0.3 is 5.32 Å². The Morgan fingerprint density at radius 3 is 2.83 bits per heavy atom. The van der Waals surface area contributed by atoms with Crippen LogP contribution in [0, 0.1) is 0 Å². The average molecular weight is 267 g/mol. The summed E-state index contributed by atoms with van der Waals surface area (Å²) in [5, 5.41) is 4.18. The molecule has 1 N–H and O–H groups in total. The van der Waals surface area contributed by atoms with E-state index in [0.29, 0.717) is 0 Å². The molecule has 2 fully saturated rings. The normalized spacial score (nSPS) is 22.9. The number of pyridine rings is 1. The molecule has 1 aromatic heterocycles. The zero-order chi connectivity index (χ0) is 12.4. The van der Waals surface area contributed by atoms with E-state index in [1.165, 1.54) is 31.7 Å². The molecule has 2 aliphatic rings. The molecule has 0 bridgehead atoms. The zero-order valence-corrected chi connectivity index (χ0v) is 11.2. The van der Waals surface area contributed by atoms with Crippen LogP contribution in [0.2, 0.25) is 5.02 Å². The molecule has 5 heteroatoms. The second-order valence-corrected chi connectivity index (χ2v) is 5.51. The molecular weight excluding hydrogens is 248 g/mol. The van der Waals surface area contributed by atoms with E-state index in [-0.39, 0.29) is 0 Å². The highest BCUT2D eigenvalue weighted by atomic mass is 35.5. The van der Waals surface area contributed by atoms with Gasteiger partial charge in [0.1, 0.15) is 0 Å². The standard InChI is InChI=1S/C13H19ClN4/c14-13-7-16-2-1-11(13)8-17-9-12(10-17)18-5-3-15-4-6-18/h1-2,7,12,15H,3-6,8-10H2. The van der Waals surface area contributed by atoms with Crippen molar-refractivity contribution in [2.24, 2.45) is 0 Å². The minimum absolute atomic E-state index is 0.743. The Bertz CT molecular complexity index is 400. The van der Waals surface area contributed by atoms with Gasteiger partial charge in [0.2, 0.25) is 0 Å². The number of hydrogen-bond acceptors (Lipinski definition) is 4. The minimum Gasteiger partial charge on any atom is -0.314 e. The van der Waals surface area contributed by atoms with E-state index in [2.05, 4.69) is 20.1 Å². The van der Waals surface area contributed by atoms with Crippen LogP contribution in [-0.4, -0.2) is 60.1 Å². The molecule has 0 aromatic carbocycles. The Labute approximate surface area is 113 Å². The van der Waals surface area contributed by atoms with E-state index in [4.69, 9.17) is 11.6 Å². The first-order chi connectivity index (χ1) is 8.83. The first-order valence-electron chi connectivity index (χ1n) is 6.58. The van der Waals surface area contributed by atoms with Crippen LogP contribution in [-0.2, 0) is 6.54 Å². The predicted octanol–water partition coefficient (Wildman–Crippen LogP) is 0.824. The van der Waals surface area contributed by atoms with Gasteiger partial charge in [0.25, 0.3) is 0 Å². The Morgan fingerprint density at radius 1 is 1.33 bits per heavy atom. The van der Waals surface area contributed by atoms with Crippen LogP contribution in [0.1, 0.15) is 5.56 Å². The quantitative estimate of drug-likeness (QED) is 0.878. The van der Waals surface area contributed by atoms with Crippen molar-refractivity contribution in [3.63, 3.8) is 0 Å². The van der Waals surface area contributed by atoms with E-state index in [9.17, 15) is 0 Å². The maximum Gasteiger partial charge on any atom is 0.0634 e. The van der Waals surface area contributed by atoms with Gasteiger partial charge in [-0.05, 0) is 11.6 Å². The van der Waals surface area contributed by atoms with Crippen LogP contribution in [0.4, 0.5) is 0 Å². The summed E-state index contributed by atoms with van der Waals surface area (Å²) in [5.41, 5.74) is 1.19. The number of aromatic nitrogens is 1. The van der Waals surface area contributed by atoms with Crippen LogP contribution < -0.4 is 5.32 Å². The summed E-state index contributed by atoms with van der Waals surface area (Å²) < 4.78 is 0. The Hall–Kier alpha value is -0.680. The predicted molar refractivity (Wildman–Crippen MR) is 72.8 cm³/mol. The van der Waals surface area contributed by atoms with Gasteiger partial charge in [0.15, 0.2) is 0 Å². The smallest absolute Gasteiger partial charge is 0.0634 e. The summed E-state index contributed by atoms with van der Waals surface area (Å²) in [5.74, 6) is 0. The lowest BCUT2D eigenvalue weighted by Crippen LogP contribution is -2.62. The summed E-state index contributed by atoms with van der Waals surface area (Å²) >= 11 is 6.13. The number of rotatable bonds is 3. The fourth-order valence-corrected chi connectivity index (χ4v) is 2.90. The van der Waals surface area contributed by atoms with Crippen molar-refractivity contribution < 1.29 is 0 Å². The van der Waals surface area contributed by atoms with Crippen molar-refractivity contribution >= 4 is 11.6 Å². The van der Waals surface area contributed by atoms with Crippen molar-refractivity contribution in [1.82, 2.24) is 20.1 Å². The highest BCUT2D eigenvalue weighted by Crippen LogP contribution is 2.21. The van der Waals surface area contributed by atoms with E-state index in [1.807, 2.05) is 12.3 Å². The van der Waals surface area contributed by atoms with Gasteiger partial charge in [-0.1, -0.05) is 11.6 Å². The third-order valence-electron chi connectivity index (χ3n) is 3.86. The van der Waals surface area contributed by atoms with Crippen LogP contribution in [0.15, 0.2) is 18.5 Å². The molecule has 3 rings (SSSR count). The van der Waals surface area contributed by atoms with Gasteiger partial charge in [-0.25, -0.2) is 0 Å². The van der Waals surface area contributed by atoms with Gasteiger partial charge in [-0.2, -0.15) is 0 Å². The second-order valence-electron chi connectivity index (χ2n) is 5.10. The molecule has 18 heavy (non-hydrogen) atoms. The van der Waals surface area contributed by atoms with Crippen LogP contribution >= 0.6 is 11.6 Å².